The summed E-state index contributed by atoms with van der Waals surface area (Å²) in [6.45, 7) is 0.108. The van der Waals surface area contributed by atoms with Crippen molar-refractivity contribution in [1.82, 2.24) is 0 Å². The maximum Gasteiger partial charge on any atom is 0.273 e. The van der Waals surface area contributed by atoms with Crippen molar-refractivity contribution in [2.75, 3.05) is 23.9 Å². The van der Waals surface area contributed by atoms with Gasteiger partial charge in [-0.1, -0.05) is 23.2 Å². The molecule has 0 saturated carbocycles. The predicted molar refractivity (Wildman–Crippen MR) is 105 cm³/mol. The third-order valence-corrected chi connectivity index (χ3v) is 4.91. The van der Waals surface area contributed by atoms with Crippen LogP contribution in [0.15, 0.2) is 36.4 Å². The number of amides is 2. The van der Waals surface area contributed by atoms with Crippen LogP contribution in [0.5, 0.6) is 5.75 Å². The molecule has 2 amide bonds. The highest BCUT2D eigenvalue weighted by molar-refractivity contribution is 6.35. The van der Waals surface area contributed by atoms with Gasteiger partial charge in [0.2, 0.25) is 11.8 Å². The number of nitrogens with zero attached hydrogens (tertiary/aromatic N) is 2. The molecular formula is C18H15Cl2N3O5. The number of anilines is 2. The fourth-order valence-electron chi connectivity index (χ4n) is 2.95. The Morgan fingerprint density at radius 1 is 1.29 bits per heavy atom. The summed E-state index contributed by atoms with van der Waals surface area (Å²) in [5.74, 6) is -1.10. The van der Waals surface area contributed by atoms with E-state index in [4.69, 9.17) is 27.9 Å². The molecule has 1 saturated heterocycles. The van der Waals surface area contributed by atoms with Crippen molar-refractivity contribution < 1.29 is 19.2 Å². The summed E-state index contributed by atoms with van der Waals surface area (Å²) in [5.41, 5.74) is 0.573. The summed E-state index contributed by atoms with van der Waals surface area (Å²) in [7, 11) is 1.36. The van der Waals surface area contributed by atoms with Gasteiger partial charge in [0.25, 0.3) is 5.69 Å². The molecule has 8 nitrogen and oxygen atoms in total. The van der Waals surface area contributed by atoms with E-state index >= 15 is 0 Å². The first kappa shape index (κ1) is 19.9. The van der Waals surface area contributed by atoms with Crippen LogP contribution in [-0.2, 0) is 9.59 Å². The van der Waals surface area contributed by atoms with E-state index in [0.29, 0.717) is 21.4 Å². The number of nitro benzene ring substituents is 1. The number of rotatable bonds is 5. The number of ether oxygens (including phenoxy) is 1. The van der Waals surface area contributed by atoms with Crippen LogP contribution in [0.2, 0.25) is 10.0 Å². The van der Waals surface area contributed by atoms with Crippen LogP contribution in [0.4, 0.5) is 17.1 Å². The molecule has 28 heavy (non-hydrogen) atoms. The van der Waals surface area contributed by atoms with Crippen LogP contribution in [0, 0.1) is 16.0 Å². The molecule has 0 aromatic heterocycles. The van der Waals surface area contributed by atoms with E-state index < -0.39 is 10.8 Å². The maximum absolute atomic E-state index is 12.6. The number of methoxy groups -OCH3 is 1. The molecule has 146 valence electrons. The lowest BCUT2D eigenvalue weighted by Gasteiger charge is -2.19. The second kappa shape index (κ2) is 8.04. The largest absolute Gasteiger partial charge is 0.494 e. The first-order valence-corrected chi connectivity index (χ1v) is 8.94. The normalized spacial score (nSPS) is 16.2. The molecule has 0 bridgehead atoms. The molecule has 2 aromatic rings. The molecular weight excluding hydrogens is 409 g/mol. The van der Waals surface area contributed by atoms with E-state index in [1.54, 1.807) is 12.1 Å². The van der Waals surface area contributed by atoms with Gasteiger partial charge in [0, 0.05) is 24.1 Å². The van der Waals surface area contributed by atoms with Gasteiger partial charge in [0.15, 0.2) is 0 Å². The molecule has 3 rings (SSSR count). The van der Waals surface area contributed by atoms with E-state index in [0.717, 1.165) is 0 Å². The highest BCUT2D eigenvalue weighted by Gasteiger charge is 2.36. The van der Waals surface area contributed by atoms with Crippen LogP contribution in [0.25, 0.3) is 0 Å². The average Bonchev–Trinajstić information content (AvgIpc) is 3.05. The number of hydrogen-bond acceptors (Lipinski definition) is 5. The minimum atomic E-state index is -0.623. The number of nitro groups is 1. The summed E-state index contributed by atoms with van der Waals surface area (Å²) < 4.78 is 5.19. The van der Waals surface area contributed by atoms with E-state index in [2.05, 4.69) is 5.32 Å². The van der Waals surface area contributed by atoms with Crippen molar-refractivity contribution >= 4 is 52.1 Å². The fraction of sp³-hybridized carbons (Fsp3) is 0.222. The number of nitrogens with one attached hydrogen (secondary N) is 1. The zero-order chi connectivity index (χ0) is 20.4. The Morgan fingerprint density at radius 3 is 2.71 bits per heavy atom. The number of benzene rings is 2. The zero-order valence-electron chi connectivity index (χ0n) is 14.6. The van der Waals surface area contributed by atoms with Gasteiger partial charge < -0.3 is 15.0 Å². The summed E-state index contributed by atoms with van der Waals surface area (Å²) in [6.07, 6.45) is -0.00976. The lowest BCUT2D eigenvalue weighted by molar-refractivity contribution is -0.384. The number of hydrogen-bond donors (Lipinski definition) is 1. The summed E-state index contributed by atoms with van der Waals surface area (Å²) in [5, 5.41) is 14.4. The van der Waals surface area contributed by atoms with Gasteiger partial charge in [0.1, 0.15) is 5.75 Å². The van der Waals surface area contributed by atoms with Crippen molar-refractivity contribution in [1.29, 1.82) is 0 Å². The van der Waals surface area contributed by atoms with Gasteiger partial charge in [-0.25, -0.2) is 0 Å². The highest BCUT2D eigenvalue weighted by atomic mass is 35.5. The topological polar surface area (TPSA) is 102 Å². The van der Waals surface area contributed by atoms with Crippen molar-refractivity contribution in [3.05, 3.63) is 56.6 Å². The molecule has 1 aliphatic heterocycles. The smallest absolute Gasteiger partial charge is 0.273 e. The molecule has 1 aliphatic rings. The Bertz CT molecular complexity index is 966. The lowest BCUT2D eigenvalue weighted by atomic mass is 10.1. The Balaban J connectivity index is 1.79. The van der Waals surface area contributed by atoms with Gasteiger partial charge >= 0.3 is 0 Å². The van der Waals surface area contributed by atoms with Gasteiger partial charge in [-0.3, -0.25) is 19.7 Å². The maximum atomic E-state index is 12.6. The van der Waals surface area contributed by atoms with E-state index in [1.165, 1.54) is 36.3 Å². The summed E-state index contributed by atoms with van der Waals surface area (Å²) in [6, 6.07) is 8.64. The van der Waals surface area contributed by atoms with Gasteiger partial charge in [0.05, 0.1) is 40.4 Å². The van der Waals surface area contributed by atoms with E-state index in [9.17, 15) is 19.7 Å². The Hall–Kier alpha value is -2.84. The minimum Gasteiger partial charge on any atom is -0.494 e. The van der Waals surface area contributed by atoms with Crippen LogP contribution < -0.4 is 15.0 Å². The molecule has 10 heteroatoms. The Kier molecular flexibility index (Phi) is 5.71. The third-order valence-electron chi connectivity index (χ3n) is 4.35. The second-order valence-corrected chi connectivity index (χ2v) is 6.98. The molecule has 0 unspecified atom stereocenters. The van der Waals surface area contributed by atoms with Crippen LogP contribution >= 0.6 is 23.2 Å². The lowest BCUT2D eigenvalue weighted by Crippen LogP contribution is -2.28. The predicted octanol–water partition coefficient (Wildman–Crippen LogP) is 3.90. The molecule has 0 aliphatic carbocycles. The third kappa shape index (κ3) is 4.02. The van der Waals surface area contributed by atoms with Gasteiger partial charge in [-0.05, 0) is 24.3 Å². The Labute approximate surface area is 170 Å². The summed E-state index contributed by atoms with van der Waals surface area (Å²) >= 11 is 12.0. The molecule has 1 N–H and O–H groups in total. The number of carbonyl (C=O) groups is 2. The number of carbonyl (C=O) groups excluding carboxylic acids is 2. The summed E-state index contributed by atoms with van der Waals surface area (Å²) in [4.78, 5) is 36.8. The first-order valence-electron chi connectivity index (χ1n) is 8.19. The fourth-order valence-corrected chi connectivity index (χ4v) is 3.28. The highest BCUT2D eigenvalue weighted by Crippen LogP contribution is 2.36. The van der Waals surface area contributed by atoms with Gasteiger partial charge in [-0.15, -0.1) is 0 Å². The van der Waals surface area contributed by atoms with Crippen molar-refractivity contribution in [2.24, 2.45) is 5.92 Å². The zero-order valence-corrected chi connectivity index (χ0v) is 16.2. The number of halogens is 2. The molecule has 1 fully saturated rings. The molecule has 0 spiro atoms. The molecule has 1 heterocycles. The Morgan fingerprint density at radius 2 is 2.04 bits per heavy atom. The number of non-ortho nitro benzene ring substituents is 1. The monoisotopic (exact) mass is 423 g/mol. The SMILES string of the molecule is COc1cc([N+](=O)[O-])ccc1N1C[C@H](C(=O)Nc2cc(Cl)ccc2Cl)CC1=O. The van der Waals surface area contributed by atoms with Crippen molar-refractivity contribution in [2.45, 2.75) is 6.42 Å². The standard InChI is InChI=1S/C18H15Cl2N3O5/c1-28-16-8-12(23(26)27)3-5-15(16)22-9-10(6-17(22)24)18(25)21-14-7-11(19)2-4-13(14)20/h2-5,7-8,10H,6,9H2,1H3,(H,21,25)/t10-/m1/s1. The molecule has 2 aromatic carbocycles. The molecule has 1 atom stereocenters. The molecule has 0 radical (unpaired) electrons. The van der Waals surface area contributed by atoms with E-state index in [-0.39, 0.29) is 36.2 Å². The van der Waals surface area contributed by atoms with Crippen LogP contribution in [0.1, 0.15) is 6.42 Å². The quantitative estimate of drug-likeness (QED) is 0.580. The first-order chi connectivity index (χ1) is 13.3. The van der Waals surface area contributed by atoms with Crippen LogP contribution in [0.3, 0.4) is 0 Å². The van der Waals surface area contributed by atoms with E-state index in [1.807, 2.05) is 0 Å². The average molecular weight is 424 g/mol. The van der Waals surface area contributed by atoms with Crippen molar-refractivity contribution in [3.8, 4) is 5.75 Å². The van der Waals surface area contributed by atoms with Crippen LogP contribution in [-0.4, -0.2) is 30.4 Å². The second-order valence-electron chi connectivity index (χ2n) is 6.13. The van der Waals surface area contributed by atoms with Gasteiger partial charge in [-0.2, -0.15) is 0 Å². The minimum absolute atomic E-state index is 0.00976. The van der Waals surface area contributed by atoms with Crippen molar-refractivity contribution in [3.63, 3.8) is 0 Å².